The molecule has 1 aromatic heterocycles. The first kappa shape index (κ1) is 13.8. The summed E-state index contributed by atoms with van der Waals surface area (Å²) in [6, 6.07) is 0. The molecule has 16 heavy (non-hydrogen) atoms. The van der Waals surface area contributed by atoms with Crippen molar-refractivity contribution in [2.24, 2.45) is 9.98 Å². The number of pyridine rings is 1. The third kappa shape index (κ3) is 2.63. The van der Waals surface area contributed by atoms with Crippen molar-refractivity contribution in [2.75, 3.05) is 0 Å². The molecule has 0 aliphatic carbocycles. The summed E-state index contributed by atoms with van der Waals surface area (Å²) in [6.07, 6.45) is 1.15. The molecule has 1 aromatic rings. The first-order valence-corrected chi connectivity index (χ1v) is 4.50. The average Bonchev–Trinajstić information content (AvgIpc) is 2.30. The van der Waals surface area contributed by atoms with Gasteiger partial charge in [-0.05, 0) is 13.4 Å². The lowest BCUT2D eigenvalue weighted by molar-refractivity contribution is 0.0687. The highest BCUT2D eigenvalue weighted by Gasteiger charge is 2.17. The van der Waals surface area contributed by atoms with E-state index in [1.54, 1.807) is 0 Å². The second-order valence-electron chi connectivity index (χ2n) is 2.31. The van der Waals surface area contributed by atoms with Crippen molar-refractivity contribution in [3.63, 3.8) is 0 Å². The van der Waals surface area contributed by atoms with Gasteiger partial charge in [-0.1, -0.05) is 13.8 Å². The van der Waals surface area contributed by atoms with Crippen molar-refractivity contribution in [1.82, 2.24) is 4.98 Å². The normalized spacial score (nSPS) is 8.62. The Bertz CT molecular complexity index is 416. The van der Waals surface area contributed by atoms with Gasteiger partial charge in [0.25, 0.3) is 0 Å². The number of carboxylic acids is 1. The number of aromatic hydroxyl groups is 1. The SMILES string of the molecule is C=Nc1cnc(C(=O)O)c(O)c1N=C.CC. The molecule has 6 nitrogen and oxygen atoms in total. The molecule has 0 atom stereocenters. The molecule has 1 rings (SSSR count). The Hall–Kier alpha value is -2.24. The van der Waals surface area contributed by atoms with E-state index < -0.39 is 17.4 Å². The molecule has 0 radical (unpaired) electrons. The maximum atomic E-state index is 10.6. The van der Waals surface area contributed by atoms with Gasteiger partial charge in [-0.25, -0.2) is 9.78 Å². The monoisotopic (exact) mass is 223 g/mol. The zero-order chi connectivity index (χ0) is 12.7. The molecule has 0 spiro atoms. The Morgan fingerprint density at radius 3 is 2.31 bits per heavy atom. The van der Waals surface area contributed by atoms with E-state index in [2.05, 4.69) is 28.4 Å². The van der Waals surface area contributed by atoms with Gasteiger partial charge < -0.3 is 10.2 Å². The third-order valence-electron chi connectivity index (χ3n) is 1.54. The molecule has 2 N–H and O–H groups in total. The van der Waals surface area contributed by atoms with Crippen LogP contribution in [0.5, 0.6) is 5.75 Å². The largest absolute Gasteiger partial charge is 0.504 e. The second kappa shape index (κ2) is 6.28. The number of hydrogen-bond acceptors (Lipinski definition) is 5. The Morgan fingerprint density at radius 2 is 1.94 bits per heavy atom. The third-order valence-corrected chi connectivity index (χ3v) is 1.54. The van der Waals surface area contributed by atoms with Crippen LogP contribution in [0.2, 0.25) is 0 Å². The quantitative estimate of drug-likeness (QED) is 0.767. The molecule has 0 fully saturated rings. The fraction of sp³-hybridized carbons (Fsp3) is 0.200. The van der Waals surface area contributed by atoms with Crippen LogP contribution in [0.25, 0.3) is 0 Å². The number of nitrogens with zero attached hydrogens (tertiary/aromatic N) is 3. The van der Waals surface area contributed by atoms with Crippen molar-refractivity contribution < 1.29 is 15.0 Å². The van der Waals surface area contributed by atoms with Crippen LogP contribution < -0.4 is 0 Å². The minimum atomic E-state index is -1.34. The number of rotatable bonds is 3. The molecular weight excluding hydrogens is 210 g/mol. The van der Waals surface area contributed by atoms with Crippen LogP contribution in [0.1, 0.15) is 24.3 Å². The summed E-state index contributed by atoms with van der Waals surface area (Å²) in [5, 5.41) is 18.0. The van der Waals surface area contributed by atoms with Crippen molar-refractivity contribution in [3.05, 3.63) is 11.9 Å². The van der Waals surface area contributed by atoms with Gasteiger partial charge in [0.05, 0.1) is 6.20 Å². The topological polar surface area (TPSA) is 95.1 Å². The summed E-state index contributed by atoms with van der Waals surface area (Å²) in [5.74, 6) is -1.90. The van der Waals surface area contributed by atoms with Crippen molar-refractivity contribution in [2.45, 2.75) is 13.8 Å². The van der Waals surface area contributed by atoms with Crippen LogP contribution in [0.4, 0.5) is 11.4 Å². The van der Waals surface area contributed by atoms with E-state index in [1.165, 1.54) is 0 Å². The standard InChI is InChI=1S/C8H7N3O3.C2H6/c1-9-4-3-11-6(8(13)14)7(12)5(4)10-2;1-2/h3,12H,1-2H2,(H,13,14);1-2H3. The van der Waals surface area contributed by atoms with Crippen LogP contribution >= 0.6 is 0 Å². The molecule has 0 aliphatic heterocycles. The van der Waals surface area contributed by atoms with Gasteiger partial charge >= 0.3 is 5.97 Å². The summed E-state index contributed by atoms with van der Waals surface area (Å²) in [5.41, 5.74) is -0.338. The number of carbonyl (C=O) groups is 1. The van der Waals surface area contributed by atoms with Crippen molar-refractivity contribution >= 4 is 30.8 Å². The number of aromatic nitrogens is 1. The maximum Gasteiger partial charge on any atom is 0.358 e. The molecule has 0 saturated carbocycles. The molecule has 6 heteroatoms. The zero-order valence-electron chi connectivity index (χ0n) is 9.14. The first-order valence-electron chi connectivity index (χ1n) is 4.50. The van der Waals surface area contributed by atoms with Crippen molar-refractivity contribution in [1.29, 1.82) is 0 Å². The van der Waals surface area contributed by atoms with Gasteiger partial charge in [0.1, 0.15) is 11.4 Å². The fourth-order valence-corrected chi connectivity index (χ4v) is 0.910. The van der Waals surface area contributed by atoms with Gasteiger partial charge in [0.15, 0.2) is 11.4 Å². The molecule has 0 aromatic carbocycles. The van der Waals surface area contributed by atoms with Gasteiger partial charge in [0, 0.05) is 0 Å². The minimum absolute atomic E-state index is 0.0348. The molecule has 0 saturated heterocycles. The highest BCUT2D eigenvalue weighted by molar-refractivity contribution is 5.92. The molecule has 86 valence electrons. The summed E-state index contributed by atoms with van der Waals surface area (Å²) in [4.78, 5) is 21.0. The Morgan fingerprint density at radius 1 is 1.38 bits per heavy atom. The molecule has 1 heterocycles. The van der Waals surface area contributed by atoms with E-state index in [9.17, 15) is 9.90 Å². The number of hydrogen-bond donors (Lipinski definition) is 2. The predicted molar refractivity (Wildman–Crippen MR) is 62.6 cm³/mol. The van der Waals surface area contributed by atoms with E-state index in [0.29, 0.717) is 0 Å². The summed E-state index contributed by atoms with van der Waals surface area (Å²) >= 11 is 0. The fourth-order valence-electron chi connectivity index (χ4n) is 0.910. The average molecular weight is 223 g/mol. The highest BCUT2D eigenvalue weighted by atomic mass is 16.4. The van der Waals surface area contributed by atoms with Crippen LogP contribution in [0.15, 0.2) is 16.2 Å². The molecule has 0 unspecified atom stereocenters. The Balaban J connectivity index is 0.00000106. The van der Waals surface area contributed by atoms with Gasteiger partial charge in [-0.15, -0.1) is 0 Å². The number of aliphatic imine (C=N–C) groups is 2. The summed E-state index contributed by atoms with van der Waals surface area (Å²) in [6.45, 7) is 10.4. The smallest absolute Gasteiger partial charge is 0.358 e. The van der Waals surface area contributed by atoms with Crippen LogP contribution in [-0.2, 0) is 0 Å². The predicted octanol–water partition coefficient (Wildman–Crippen LogP) is 2.18. The summed E-state index contributed by atoms with van der Waals surface area (Å²) < 4.78 is 0. The van der Waals surface area contributed by atoms with E-state index in [-0.39, 0.29) is 11.4 Å². The maximum absolute atomic E-state index is 10.6. The number of aromatic carboxylic acids is 1. The highest BCUT2D eigenvalue weighted by Crippen LogP contribution is 2.37. The van der Waals surface area contributed by atoms with Gasteiger partial charge in [0.2, 0.25) is 0 Å². The zero-order valence-corrected chi connectivity index (χ0v) is 9.14. The second-order valence-corrected chi connectivity index (χ2v) is 2.31. The lowest BCUT2D eigenvalue weighted by Gasteiger charge is -2.03. The summed E-state index contributed by atoms with van der Waals surface area (Å²) in [7, 11) is 0. The van der Waals surface area contributed by atoms with Gasteiger partial charge in [-0.2, -0.15) is 0 Å². The lowest BCUT2D eigenvalue weighted by atomic mass is 10.2. The Kier molecular flexibility index (Phi) is 5.40. The van der Waals surface area contributed by atoms with E-state index >= 15 is 0 Å². The molecule has 0 aliphatic rings. The number of carboxylic acid groups (broad SMARTS) is 1. The van der Waals surface area contributed by atoms with Crippen molar-refractivity contribution in [3.8, 4) is 5.75 Å². The molecule has 0 bridgehead atoms. The first-order chi connectivity index (χ1) is 7.61. The van der Waals surface area contributed by atoms with Crippen LogP contribution in [-0.4, -0.2) is 34.6 Å². The minimum Gasteiger partial charge on any atom is -0.504 e. The van der Waals surface area contributed by atoms with E-state index in [1.807, 2.05) is 13.8 Å². The Labute approximate surface area is 93.0 Å². The molecular formula is C10H13N3O3. The van der Waals surface area contributed by atoms with Crippen LogP contribution in [0.3, 0.4) is 0 Å². The van der Waals surface area contributed by atoms with Gasteiger partial charge in [-0.3, -0.25) is 9.98 Å². The molecule has 0 amide bonds. The van der Waals surface area contributed by atoms with E-state index in [4.69, 9.17) is 5.11 Å². The van der Waals surface area contributed by atoms with Crippen LogP contribution in [0, 0.1) is 0 Å². The lowest BCUT2D eigenvalue weighted by Crippen LogP contribution is -2.00. The van der Waals surface area contributed by atoms with E-state index in [0.717, 1.165) is 6.20 Å².